The van der Waals surface area contributed by atoms with Crippen LogP contribution in [0.3, 0.4) is 0 Å². The van der Waals surface area contributed by atoms with Gasteiger partial charge in [-0.25, -0.2) is 0 Å². The fraction of sp³-hybridized carbons (Fsp3) is 0.727. The lowest BCUT2D eigenvalue weighted by Gasteiger charge is -1.97. The quantitative estimate of drug-likeness (QED) is 0.442. The van der Waals surface area contributed by atoms with E-state index in [2.05, 4.69) is 6.08 Å². The Labute approximate surface area is 86.0 Å². The molecule has 0 unspecified atom stereocenters. The monoisotopic (exact) mass is 199 g/mol. The molecule has 0 fully saturated rings. The van der Waals surface area contributed by atoms with Crippen molar-refractivity contribution in [2.75, 3.05) is 6.54 Å². The fourth-order valence-corrected chi connectivity index (χ4v) is 1.28. The Hall–Kier alpha value is -0.830. The third-order valence-corrected chi connectivity index (χ3v) is 2.06. The van der Waals surface area contributed by atoms with Crippen LogP contribution in [0.15, 0.2) is 12.2 Å². The number of carboxylic acid groups (broad SMARTS) is 1. The van der Waals surface area contributed by atoms with Gasteiger partial charge in [0, 0.05) is 13.0 Å². The van der Waals surface area contributed by atoms with Gasteiger partial charge in [-0.3, -0.25) is 4.79 Å². The smallest absolute Gasteiger partial charge is 0.303 e. The van der Waals surface area contributed by atoms with Gasteiger partial charge in [0.25, 0.3) is 0 Å². The van der Waals surface area contributed by atoms with Crippen molar-refractivity contribution in [1.82, 2.24) is 0 Å². The Balaban J connectivity index is 2.99. The van der Waals surface area contributed by atoms with Gasteiger partial charge in [0.15, 0.2) is 0 Å². The topological polar surface area (TPSA) is 63.3 Å². The predicted molar refractivity (Wildman–Crippen MR) is 58.1 cm³/mol. The van der Waals surface area contributed by atoms with E-state index in [1.54, 1.807) is 0 Å². The molecule has 0 aliphatic heterocycles. The molecule has 82 valence electrons. The van der Waals surface area contributed by atoms with Gasteiger partial charge in [0.05, 0.1) is 0 Å². The van der Waals surface area contributed by atoms with Gasteiger partial charge in [-0.15, -0.1) is 0 Å². The molecule has 0 amide bonds. The second-order valence-corrected chi connectivity index (χ2v) is 3.41. The maximum atomic E-state index is 10.2. The molecular weight excluding hydrogens is 178 g/mol. The number of hydrogen-bond acceptors (Lipinski definition) is 2. The Morgan fingerprint density at radius 3 is 2.36 bits per heavy atom. The number of unbranched alkanes of at least 4 members (excludes halogenated alkanes) is 5. The summed E-state index contributed by atoms with van der Waals surface area (Å²) in [7, 11) is 0. The summed E-state index contributed by atoms with van der Waals surface area (Å²) in [5, 5.41) is 8.39. The maximum absolute atomic E-state index is 10.2. The molecule has 14 heavy (non-hydrogen) atoms. The largest absolute Gasteiger partial charge is 0.481 e. The Bertz CT molecular complexity index is 167. The van der Waals surface area contributed by atoms with Crippen LogP contribution in [0.25, 0.3) is 0 Å². The molecule has 0 rings (SSSR count). The third-order valence-electron chi connectivity index (χ3n) is 2.06. The zero-order valence-corrected chi connectivity index (χ0v) is 8.74. The summed E-state index contributed by atoms with van der Waals surface area (Å²) in [5.41, 5.74) is 5.29. The van der Waals surface area contributed by atoms with Crippen molar-refractivity contribution >= 4 is 5.97 Å². The van der Waals surface area contributed by atoms with Crippen LogP contribution in [-0.4, -0.2) is 17.6 Å². The molecule has 3 N–H and O–H groups in total. The minimum atomic E-state index is -0.684. The lowest BCUT2D eigenvalue weighted by atomic mass is 10.1. The molecule has 0 spiro atoms. The minimum Gasteiger partial charge on any atom is -0.481 e. The second-order valence-electron chi connectivity index (χ2n) is 3.41. The van der Waals surface area contributed by atoms with Gasteiger partial charge >= 0.3 is 5.97 Å². The number of nitrogens with two attached hydrogens (primary N) is 1. The fourth-order valence-electron chi connectivity index (χ4n) is 1.28. The van der Waals surface area contributed by atoms with Crippen LogP contribution in [0.2, 0.25) is 0 Å². The zero-order chi connectivity index (χ0) is 10.6. The first kappa shape index (κ1) is 13.2. The van der Waals surface area contributed by atoms with Crippen LogP contribution >= 0.6 is 0 Å². The molecule has 0 saturated carbocycles. The van der Waals surface area contributed by atoms with E-state index >= 15 is 0 Å². The molecule has 0 aliphatic carbocycles. The number of hydrogen-bond donors (Lipinski definition) is 2. The van der Waals surface area contributed by atoms with Crippen LogP contribution in [-0.2, 0) is 4.79 Å². The van der Waals surface area contributed by atoms with Gasteiger partial charge in [-0.2, -0.15) is 0 Å². The number of carbonyl (C=O) groups is 1. The van der Waals surface area contributed by atoms with E-state index in [1.807, 2.05) is 6.08 Å². The van der Waals surface area contributed by atoms with Gasteiger partial charge in [0.1, 0.15) is 0 Å². The molecule has 0 aliphatic rings. The van der Waals surface area contributed by atoms with Crippen LogP contribution in [0, 0.1) is 0 Å². The van der Waals surface area contributed by atoms with Crippen molar-refractivity contribution in [2.24, 2.45) is 5.73 Å². The van der Waals surface area contributed by atoms with E-state index in [-0.39, 0.29) is 0 Å². The molecule has 0 atom stereocenters. The van der Waals surface area contributed by atoms with Crippen molar-refractivity contribution in [3.8, 4) is 0 Å². The molecule has 0 aromatic rings. The lowest BCUT2D eigenvalue weighted by molar-refractivity contribution is -0.137. The van der Waals surface area contributed by atoms with Gasteiger partial charge in [0.2, 0.25) is 0 Å². The number of aliphatic carboxylic acids is 1. The van der Waals surface area contributed by atoms with Crippen LogP contribution in [0.4, 0.5) is 0 Å². The Morgan fingerprint density at radius 1 is 1.07 bits per heavy atom. The number of rotatable bonds is 9. The molecule has 3 heteroatoms. The van der Waals surface area contributed by atoms with Crippen LogP contribution < -0.4 is 5.73 Å². The lowest BCUT2D eigenvalue weighted by Crippen LogP contribution is -1.93. The van der Waals surface area contributed by atoms with E-state index < -0.39 is 5.97 Å². The molecule has 0 aromatic carbocycles. The Kier molecular flexibility index (Phi) is 9.64. The van der Waals surface area contributed by atoms with E-state index in [0.29, 0.717) is 13.0 Å². The highest BCUT2D eigenvalue weighted by Gasteiger charge is 1.95. The predicted octanol–water partition coefficient (Wildman–Crippen LogP) is 2.32. The molecule has 3 nitrogen and oxygen atoms in total. The van der Waals surface area contributed by atoms with Crippen molar-refractivity contribution in [3.63, 3.8) is 0 Å². The summed E-state index contributed by atoms with van der Waals surface area (Å²) in [6.07, 6.45) is 10.9. The van der Waals surface area contributed by atoms with Crippen LogP contribution in [0.5, 0.6) is 0 Å². The molecule has 0 radical (unpaired) electrons. The summed E-state index contributed by atoms with van der Waals surface area (Å²) in [6, 6.07) is 0. The first-order valence-electron chi connectivity index (χ1n) is 5.34. The highest BCUT2D eigenvalue weighted by atomic mass is 16.4. The maximum Gasteiger partial charge on any atom is 0.303 e. The summed E-state index contributed by atoms with van der Waals surface area (Å²) in [4.78, 5) is 10.2. The van der Waals surface area contributed by atoms with E-state index in [1.165, 1.54) is 12.8 Å². The summed E-state index contributed by atoms with van der Waals surface area (Å²) in [5.74, 6) is -0.684. The summed E-state index contributed by atoms with van der Waals surface area (Å²) in [6.45, 7) is 0.624. The number of allylic oxidation sites excluding steroid dienone is 1. The van der Waals surface area contributed by atoms with Crippen molar-refractivity contribution < 1.29 is 9.90 Å². The van der Waals surface area contributed by atoms with Crippen molar-refractivity contribution in [2.45, 2.75) is 44.9 Å². The zero-order valence-electron chi connectivity index (χ0n) is 8.74. The minimum absolute atomic E-state index is 0.313. The van der Waals surface area contributed by atoms with E-state index in [4.69, 9.17) is 10.8 Å². The average Bonchev–Trinajstić information content (AvgIpc) is 2.15. The standard InChI is InChI=1S/C11H21NO2/c12-10-8-6-4-2-1-3-5-7-9-11(13)14/h6,8H,1-5,7,9-10,12H2,(H,13,14)/b8-6+. The van der Waals surface area contributed by atoms with Crippen molar-refractivity contribution in [3.05, 3.63) is 12.2 Å². The SMILES string of the molecule is NC/C=C/CCCCCCCC(=O)O. The molecule has 0 saturated heterocycles. The Morgan fingerprint density at radius 2 is 1.71 bits per heavy atom. The second kappa shape index (κ2) is 10.3. The van der Waals surface area contributed by atoms with Gasteiger partial charge in [-0.05, 0) is 19.3 Å². The first-order chi connectivity index (χ1) is 6.77. The van der Waals surface area contributed by atoms with Crippen LogP contribution in [0.1, 0.15) is 44.9 Å². The van der Waals surface area contributed by atoms with Gasteiger partial charge in [-0.1, -0.05) is 31.4 Å². The van der Waals surface area contributed by atoms with E-state index in [9.17, 15) is 4.79 Å². The normalized spacial score (nSPS) is 10.9. The number of carboxylic acids is 1. The highest BCUT2D eigenvalue weighted by Crippen LogP contribution is 2.07. The van der Waals surface area contributed by atoms with Crippen molar-refractivity contribution in [1.29, 1.82) is 0 Å². The summed E-state index contributed by atoms with van der Waals surface area (Å²) >= 11 is 0. The average molecular weight is 199 g/mol. The first-order valence-corrected chi connectivity index (χ1v) is 5.34. The third kappa shape index (κ3) is 11.2. The molecular formula is C11H21NO2. The molecule has 0 aromatic heterocycles. The summed E-state index contributed by atoms with van der Waals surface area (Å²) < 4.78 is 0. The van der Waals surface area contributed by atoms with Gasteiger partial charge < -0.3 is 10.8 Å². The van der Waals surface area contributed by atoms with E-state index in [0.717, 1.165) is 25.7 Å². The molecule has 0 bridgehead atoms. The highest BCUT2D eigenvalue weighted by molar-refractivity contribution is 5.66. The molecule has 0 heterocycles.